The first kappa shape index (κ1) is 14.3. The van der Waals surface area contributed by atoms with E-state index in [0.717, 1.165) is 19.4 Å². The van der Waals surface area contributed by atoms with E-state index in [0.29, 0.717) is 6.54 Å². The summed E-state index contributed by atoms with van der Waals surface area (Å²) in [6, 6.07) is -0.457. The van der Waals surface area contributed by atoms with Crippen LogP contribution in [0.3, 0.4) is 0 Å². The predicted molar refractivity (Wildman–Crippen MR) is 68.7 cm³/mol. The number of ether oxygens (including phenoxy) is 1. The van der Waals surface area contributed by atoms with Crippen LogP contribution in [0.1, 0.15) is 26.7 Å². The third kappa shape index (κ3) is 2.34. The van der Waals surface area contributed by atoms with E-state index in [2.05, 4.69) is 10.6 Å². The molecule has 3 N–H and O–H groups in total. The first-order chi connectivity index (χ1) is 8.94. The van der Waals surface area contributed by atoms with Crippen molar-refractivity contribution in [3.8, 4) is 0 Å². The van der Waals surface area contributed by atoms with Crippen LogP contribution in [0.5, 0.6) is 0 Å². The molecule has 0 spiro atoms. The Morgan fingerprint density at radius 1 is 1.53 bits per heavy atom. The van der Waals surface area contributed by atoms with Crippen molar-refractivity contribution in [2.75, 3.05) is 26.3 Å². The predicted octanol–water partition coefficient (Wildman–Crippen LogP) is -0.0180. The lowest BCUT2D eigenvalue weighted by molar-refractivity contribution is -0.149. The van der Waals surface area contributed by atoms with Crippen molar-refractivity contribution >= 4 is 11.9 Å². The zero-order valence-electron chi connectivity index (χ0n) is 11.5. The Labute approximate surface area is 112 Å². The van der Waals surface area contributed by atoms with E-state index in [-0.39, 0.29) is 19.1 Å². The smallest absolute Gasteiger partial charge is 0.313 e. The molecule has 0 aliphatic carbocycles. The summed E-state index contributed by atoms with van der Waals surface area (Å²) in [5.41, 5.74) is -1.43. The van der Waals surface area contributed by atoms with Crippen LogP contribution in [0.15, 0.2) is 0 Å². The van der Waals surface area contributed by atoms with Crippen molar-refractivity contribution in [3.05, 3.63) is 0 Å². The van der Waals surface area contributed by atoms with Crippen LogP contribution in [-0.2, 0) is 14.3 Å². The molecule has 0 aromatic carbocycles. The average Bonchev–Trinajstić information content (AvgIpc) is 2.98. The van der Waals surface area contributed by atoms with Gasteiger partial charge in [0.1, 0.15) is 5.41 Å². The first-order valence-electron chi connectivity index (χ1n) is 6.77. The molecular formula is C13H22N2O4. The number of hydrogen-bond donors (Lipinski definition) is 3. The normalized spacial score (nSPS) is 38.3. The topological polar surface area (TPSA) is 87.7 Å². The van der Waals surface area contributed by atoms with Gasteiger partial charge >= 0.3 is 5.97 Å². The number of carboxylic acids is 1. The molecule has 6 heteroatoms. The molecule has 6 nitrogen and oxygen atoms in total. The van der Waals surface area contributed by atoms with Crippen molar-refractivity contribution < 1.29 is 19.4 Å². The highest BCUT2D eigenvalue weighted by Gasteiger charge is 2.49. The Balaban J connectivity index is 2.08. The van der Waals surface area contributed by atoms with Crippen molar-refractivity contribution in [2.24, 2.45) is 10.8 Å². The van der Waals surface area contributed by atoms with Crippen LogP contribution in [0.2, 0.25) is 0 Å². The lowest BCUT2D eigenvalue weighted by atomic mass is 9.81. The molecule has 3 atom stereocenters. The van der Waals surface area contributed by atoms with E-state index in [1.54, 1.807) is 6.92 Å². The highest BCUT2D eigenvalue weighted by atomic mass is 16.5. The summed E-state index contributed by atoms with van der Waals surface area (Å²) in [6.45, 7) is 5.52. The molecule has 2 heterocycles. The Bertz CT molecular complexity index is 379. The number of carboxylic acid groups (broad SMARTS) is 1. The van der Waals surface area contributed by atoms with Crippen LogP contribution in [-0.4, -0.2) is 49.3 Å². The molecule has 1 amide bonds. The fourth-order valence-electron chi connectivity index (χ4n) is 2.80. The zero-order chi connectivity index (χ0) is 14.1. The highest BCUT2D eigenvalue weighted by Crippen LogP contribution is 2.33. The first-order valence-corrected chi connectivity index (χ1v) is 6.77. The number of carbonyl (C=O) groups is 2. The highest BCUT2D eigenvalue weighted by molar-refractivity contribution is 5.85. The number of hydrogen-bond acceptors (Lipinski definition) is 4. The minimum atomic E-state index is -1.03. The fourth-order valence-corrected chi connectivity index (χ4v) is 2.80. The van der Waals surface area contributed by atoms with Gasteiger partial charge in [0.15, 0.2) is 0 Å². The van der Waals surface area contributed by atoms with Gasteiger partial charge in [0.05, 0.1) is 24.7 Å². The molecule has 3 unspecified atom stereocenters. The van der Waals surface area contributed by atoms with Gasteiger partial charge in [-0.1, -0.05) is 6.92 Å². The van der Waals surface area contributed by atoms with E-state index in [1.807, 2.05) is 6.92 Å². The number of rotatable bonds is 4. The maximum Gasteiger partial charge on any atom is 0.313 e. The summed E-state index contributed by atoms with van der Waals surface area (Å²) < 4.78 is 5.25. The minimum absolute atomic E-state index is 0.0528. The van der Waals surface area contributed by atoms with Gasteiger partial charge in [0, 0.05) is 6.54 Å². The van der Waals surface area contributed by atoms with E-state index in [1.165, 1.54) is 0 Å². The van der Waals surface area contributed by atoms with Crippen molar-refractivity contribution in [1.82, 2.24) is 10.6 Å². The van der Waals surface area contributed by atoms with Crippen LogP contribution in [0.25, 0.3) is 0 Å². The van der Waals surface area contributed by atoms with E-state index >= 15 is 0 Å². The summed E-state index contributed by atoms with van der Waals surface area (Å²) in [7, 11) is 0. The second-order valence-corrected chi connectivity index (χ2v) is 5.82. The molecule has 0 bridgehead atoms. The molecular weight excluding hydrogens is 248 g/mol. The maximum atomic E-state index is 12.5. The molecule has 2 aliphatic heterocycles. The van der Waals surface area contributed by atoms with Gasteiger partial charge in [-0.2, -0.15) is 0 Å². The Hall–Kier alpha value is -1.14. The standard InChI is InChI=1S/C13H22N2O4/c1-3-13(4-5-14-7-13)10(16)15-9-6-19-8-12(9,2)11(17)18/h9,14H,3-8H2,1-2H3,(H,15,16)(H,17,18). The number of amides is 1. The van der Waals surface area contributed by atoms with Crippen LogP contribution >= 0.6 is 0 Å². The monoisotopic (exact) mass is 270 g/mol. The van der Waals surface area contributed by atoms with Gasteiger partial charge in [0.25, 0.3) is 0 Å². The third-order valence-corrected chi connectivity index (χ3v) is 4.65. The molecule has 0 aromatic rings. The second kappa shape index (κ2) is 5.09. The van der Waals surface area contributed by atoms with Crippen LogP contribution in [0, 0.1) is 10.8 Å². The zero-order valence-corrected chi connectivity index (χ0v) is 11.5. The van der Waals surface area contributed by atoms with E-state index in [9.17, 15) is 14.7 Å². The van der Waals surface area contributed by atoms with Gasteiger partial charge in [-0.25, -0.2) is 0 Å². The Kier molecular flexibility index (Phi) is 3.82. The summed E-state index contributed by atoms with van der Waals surface area (Å²) in [4.78, 5) is 23.8. The lowest BCUT2D eigenvalue weighted by Gasteiger charge is -2.31. The fraction of sp³-hybridized carbons (Fsp3) is 0.846. The quantitative estimate of drug-likeness (QED) is 0.668. The molecule has 0 aromatic heterocycles. The minimum Gasteiger partial charge on any atom is -0.481 e. The number of carbonyl (C=O) groups excluding carboxylic acids is 1. The summed E-state index contributed by atoms with van der Waals surface area (Å²) >= 11 is 0. The van der Waals surface area contributed by atoms with Crippen molar-refractivity contribution in [3.63, 3.8) is 0 Å². The Morgan fingerprint density at radius 3 is 2.79 bits per heavy atom. The van der Waals surface area contributed by atoms with Gasteiger partial charge in [-0.05, 0) is 26.3 Å². The SMILES string of the molecule is CCC1(C(=O)NC2COCC2(C)C(=O)O)CCNC1. The van der Waals surface area contributed by atoms with E-state index < -0.39 is 22.8 Å². The summed E-state index contributed by atoms with van der Waals surface area (Å²) in [5.74, 6) is -0.978. The molecule has 108 valence electrons. The van der Waals surface area contributed by atoms with E-state index in [4.69, 9.17) is 4.74 Å². The Morgan fingerprint density at radius 2 is 2.26 bits per heavy atom. The average molecular weight is 270 g/mol. The van der Waals surface area contributed by atoms with Crippen molar-refractivity contribution in [1.29, 1.82) is 0 Å². The molecule has 2 fully saturated rings. The molecule has 0 radical (unpaired) electrons. The third-order valence-electron chi connectivity index (χ3n) is 4.65. The summed E-state index contributed by atoms with van der Waals surface area (Å²) in [5, 5.41) is 15.4. The largest absolute Gasteiger partial charge is 0.481 e. The van der Waals surface area contributed by atoms with Gasteiger partial charge in [-0.15, -0.1) is 0 Å². The number of nitrogens with one attached hydrogen (secondary N) is 2. The number of aliphatic carboxylic acids is 1. The molecule has 2 rings (SSSR count). The van der Waals surface area contributed by atoms with Crippen molar-refractivity contribution in [2.45, 2.75) is 32.7 Å². The van der Waals surface area contributed by atoms with Crippen LogP contribution in [0.4, 0.5) is 0 Å². The van der Waals surface area contributed by atoms with Crippen LogP contribution < -0.4 is 10.6 Å². The molecule has 2 saturated heterocycles. The second-order valence-electron chi connectivity index (χ2n) is 5.82. The van der Waals surface area contributed by atoms with Gasteiger partial charge in [-0.3, -0.25) is 9.59 Å². The molecule has 0 saturated carbocycles. The van der Waals surface area contributed by atoms with Gasteiger partial charge < -0.3 is 20.5 Å². The molecule has 19 heavy (non-hydrogen) atoms. The lowest BCUT2D eigenvalue weighted by Crippen LogP contribution is -2.54. The molecule has 2 aliphatic rings. The maximum absolute atomic E-state index is 12.5. The summed E-state index contributed by atoms with van der Waals surface area (Å²) in [6.07, 6.45) is 1.55. The van der Waals surface area contributed by atoms with Gasteiger partial charge in [0.2, 0.25) is 5.91 Å².